The Morgan fingerprint density at radius 1 is 0.408 bits per heavy atom. The van der Waals surface area contributed by atoms with E-state index in [0.717, 1.165) is 139 Å². The van der Waals surface area contributed by atoms with Gasteiger partial charge in [-0.05, 0) is 288 Å². The average Bonchev–Trinajstić information content (AvgIpc) is 1.69. The zero-order valence-electron chi connectivity index (χ0n) is 72.0. The number of aryl methyl sites for hydroxylation is 6. The Balaban J connectivity index is 0.000000165. The van der Waals surface area contributed by atoms with Crippen LogP contribution in [0.15, 0.2) is 88.7 Å². The minimum atomic E-state index is -3.63. The second-order valence-electron chi connectivity index (χ2n) is 33.2. The minimum absolute atomic E-state index is 0.0507. The van der Waals surface area contributed by atoms with E-state index in [4.69, 9.17) is 49.0 Å². The standard InChI is InChI=1S/C29H40ClN7O3S.C28H38ClN7O3S.C27H38ClN7O3S/c1-17(2)37-11-9-20(10-12-37)22-14-26(40-21-7-8-21)24(13-19(22)5)33-29-31-15-23(30)27(34-29)32-25-16-36(6)35-28(25)41(38,39)18(3)4;1-6-36-11-9-19(10-12-36)21-14-25(39-20-7-8-20)23(13-18(21)4)32-28-30-15-22(29)26(33-28)31-24-16-35(5)34-27(24)40(37,38)17(2)3;1-16(2)35-10-8-19(9-11-35)20-13-24(38-7)22(12-18(20)5)31-27-29-14-21(28)25(32-27)30-23-15-34(6)33-26(23)39(36,37)17(3)4/h13-18,20-21H,7-12H2,1-6H3,(H2,31,32,33,34);13-17,19-20H,6-12H2,1-5H3,(H2,30,31,32,33);12-17,19H,8-11H2,1-7H3,(H2,29,30,31,32). The van der Waals surface area contributed by atoms with Crippen LogP contribution in [-0.4, -0.2) is 192 Å². The van der Waals surface area contributed by atoms with E-state index in [0.29, 0.717) is 64.5 Å². The van der Waals surface area contributed by atoms with E-state index in [2.05, 4.69) is 184 Å². The average molecular weight is 1770 g/mol. The summed E-state index contributed by atoms with van der Waals surface area (Å²) < 4.78 is 100.0. The predicted molar refractivity (Wildman–Crippen MR) is 476 cm³/mol. The van der Waals surface area contributed by atoms with Crippen LogP contribution in [0.2, 0.25) is 15.1 Å². The molecule has 3 saturated heterocycles. The van der Waals surface area contributed by atoms with Crippen molar-refractivity contribution in [1.29, 1.82) is 0 Å². The molecule has 2 saturated carbocycles. The highest BCUT2D eigenvalue weighted by Crippen LogP contribution is 2.45. The molecule has 0 spiro atoms. The minimum Gasteiger partial charge on any atom is -0.495 e. The molecule has 0 bridgehead atoms. The van der Waals surface area contributed by atoms with E-state index in [9.17, 15) is 25.3 Å². The van der Waals surface area contributed by atoms with E-state index < -0.39 is 45.3 Å². The number of methoxy groups -OCH3 is 1. The van der Waals surface area contributed by atoms with E-state index in [-0.39, 0.29) is 65.8 Å². The fraction of sp³-hybridized carbons (Fsp3) is 0.536. The van der Waals surface area contributed by atoms with E-state index in [1.54, 1.807) is 88.4 Å². The van der Waals surface area contributed by atoms with Gasteiger partial charge in [-0.2, -0.15) is 30.2 Å². The summed E-state index contributed by atoms with van der Waals surface area (Å²) in [6, 6.07) is 13.9. The number of nitrogens with one attached hydrogen (secondary N) is 6. The molecular formula is C84H116Cl3N21O9S3. The molecule has 30 nitrogen and oxygen atoms in total. The van der Waals surface area contributed by atoms with E-state index >= 15 is 0 Å². The van der Waals surface area contributed by atoms with Crippen LogP contribution in [0.1, 0.15) is 192 Å². The quantitative estimate of drug-likeness (QED) is 0.0254. The molecule has 0 atom stereocenters. The maximum absolute atomic E-state index is 12.9. The molecule has 14 rings (SSSR count). The Labute approximate surface area is 721 Å². The summed E-state index contributed by atoms with van der Waals surface area (Å²) in [7, 11) is -4.25. The molecule has 36 heteroatoms. The zero-order valence-corrected chi connectivity index (χ0v) is 76.7. The molecule has 650 valence electrons. The van der Waals surface area contributed by atoms with Crippen molar-refractivity contribution in [1.82, 2.24) is 73.9 Å². The van der Waals surface area contributed by atoms with Crippen LogP contribution in [0.5, 0.6) is 17.2 Å². The molecule has 0 amide bonds. The zero-order chi connectivity index (χ0) is 86.6. The smallest absolute Gasteiger partial charge is 0.229 e. The number of hydrogen-bond acceptors (Lipinski definition) is 27. The van der Waals surface area contributed by atoms with Crippen LogP contribution < -0.4 is 46.1 Å². The summed E-state index contributed by atoms with van der Waals surface area (Å²) in [4.78, 5) is 34.3. The Kier molecular flexibility index (Phi) is 29.0. The number of halogens is 3. The van der Waals surface area contributed by atoms with Gasteiger partial charge in [0, 0.05) is 51.8 Å². The largest absolute Gasteiger partial charge is 0.495 e. The molecule has 6 N–H and O–H groups in total. The third kappa shape index (κ3) is 21.8. The van der Waals surface area contributed by atoms with Gasteiger partial charge in [-0.1, -0.05) is 41.7 Å². The first-order valence-electron chi connectivity index (χ1n) is 41.4. The molecule has 0 unspecified atom stereocenters. The molecule has 3 aliphatic heterocycles. The molecule has 120 heavy (non-hydrogen) atoms. The summed E-state index contributed by atoms with van der Waals surface area (Å²) in [5.74, 6) is 5.50. The molecule has 2 aliphatic carbocycles. The van der Waals surface area contributed by atoms with Crippen molar-refractivity contribution in [3.05, 3.63) is 122 Å². The van der Waals surface area contributed by atoms with Gasteiger partial charge < -0.3 is 60.8 Å². The Hall–Kier alpha value is -8.67. The third-order valence-corrected chi connectivity index (χ3v) is 29.7. The third-order valence-electron chi connectivity index (χ3n) is 22.6. The summed E-state index contributed by atoms with van der Waals surface area (Å²) in [5.41, 5.74) is 10.8. The number of likely N-dealkylation sites (tertiary alicyclic amines) is 3. The van der Waals surface area contributed by atoms with Crippen molar-refractivity contribution in [2.24, 2.45) is 21.1 Å². The van der Waals surface area contributed by atoms with Crippen molar-refractivity contribution in [2.75, 3.05) is 84.8 Å². The molecule has 5 aliphatic rings. The van der Waals surface area contributed by atoms with Crippen LogP contribution in [0.25, 0.3) is 0 Å². The van der Waals surface area contributed by atoms with Gasteiger partial charge in [0.15, 0.2) is 17.5 Å². The summed E-state index contributed by atoms with van der Waals surface area (Å²) in [5, 5.41) is 30.2. The molecule has 0 radical (unpaired) electrons. The van der Waals surface area contributed by atoms with Gasteiger partial charge >= 0.3 is 0 Å². The molecule has 9 aromatic rings. The van der Waals surface area contributed by atoms with Gasteiger partial charge in [0.1, 0.15) is 32.3 Å². The lowest BCUT2D eigenvalue weighted by Crippen LogP contribution is -2.37. The number of piperidine rings is 3. The number of sulfone groups is 3. The first kappa shape index (κ1) is 90.6. The maximum Gasteiger partial charge on any atom is 0.229 e. The Morgan fingerprint density at radius 3 is 0.958 bits per heavy atom. The topological polar surface area (TPSA) is 343 Å². The first-order valence-corrected chi connectivity index (χ1v) is 47.2. The van der Waals surface area contributed by atoms with Gasteiger partial charge in [-0.3, -0.25) is 14.0 Å². The van der Waals surface area contributed by atoms with Crippen molar-refractivity contribution < 1.29 is 39.5 Å². The van der Waals surface area contributed by atoms with Crippen LogP contribution in [0, 0.1) is 20.8 Å². The number of anilines is 12. The normalized spacial score (nSPS) is 16.4. The molecular weight excluding hydrogens is 1650 g/mol. The second-order valence-corrected chi connectivity index (χ2v) is 41.7. The lowest BCUT2D eigenvalue weighted by atomic mass is 9.86. The maximum atomic E-state index is 12.9. The number of nitrogens with zero attached hydrogens (tertiary/aromatic N) is 15. The fourth-order valence-electron chi connectivity index (χ4n) is 15.1. The highest BCUT2D eigenvalue weighted by atomic mass is 35.5. The van der Waals surface area contributed by atoms with E-state index in [1.165, 1.54) is 66.0 Å². The Bertz CT molecular complexity index is 5480. The lowest BCUT2D eigenvalue weighted by Gasteiger charge is -2.35. The molecule has 3 aromatic carbocycles. The summed E-state index contributed by atoms with van der Waals surface area (Å²) in [6.45, 7) is 35.1. The van der Waals surface area contributed by atoms with Gasteiger partial charge in [0.2, 0.25) is 62.4 Å². The number of benzene rings is 3. The first-order chi connectivity index (χ1) is 56.9. The molecule has 5 fully saturated rings. The van der Waals surface area contributed by atoms with Gasteiger partial charge in [-0.25, -0.2) is 40.2 Å². The van der Waals surface area contributed by atoms with Crippen molar-refractivity contribution in [3.8, 4) is 17.2 Å². The van der Waals surface area contributed by atoms with Crippen molar-refractivity contribution >= 4 is 134 Å². The Morgan fingerprint density at radius 2 is 0.692 bits per heavy atom. The molecule has 6 aromatic heterocycles. The number of hydrogen-bond donors (Lipinski definition) is 6. The lowest BCUT2D eigenvalue weighted by molar-refractivity contribution is 0.171. The number of rotatable bonds is 29. The predicted octanol–water partition coefficient (Wildman–Crippen LogP) is 17.0. The monoisotopic (exact) mass is 1760 g/mol. The second kappa shape index (κ2) is 38.4. The SMILES string of the molecule is CCN1CCC(c2cc(OC3CC3)c(Nc3ncc(Cl)c(Nc4cn(C)nc4S(=O)(=O)C(C)C)n3)cc2C)CC1.COc1cc(C2CCN(C(C)C)CC2)c(C)cc1Nc1ncc(Cl)c(Nc2cn(C)nc2S(=O)(=O)C(C)C)n1.Cc1cc(Nc2ncc(Cl)c(Nc3cn(C)nc3S(=O)(=O)C(C)C)n2)c(OC2CC2)cc1C1CCN(C(C)C)CC1. The summed E-state index contributed by atoms with van der Waals surface area (Å²) in [6.07, 6.45) is 20.6. The number of ether oxygens (including phenoxy) is 3. The van der Waals surface area contributed by atoms with Gasteiger partial charge in [0.25, 0.3) is 0 Å². The van der Waals surface area contributed by atoms with E-state index in [1.807, 2.05) is 0 Å². The van der Waals surface area contributed by atoms with Crippen LogP contribution >= 0.6 is 34.8 Å². The van der Waals surface area contributed by atoms with Crippen molar-refractivity contribution in [2.45, 2.75) is 234 Å². The number of aromatic nitrogens is 12. The van der Waals surface area contributed by atoms with Crippen molar-refractivity contribution in [3.63, 3.8) is 0 Å². The van der Waals surface area contributed by atoms with Crippen LogP contribution in [-0.2, 0) is 50.7 Å². The molecule has 9 heterocycles. The van der Waals surface area contributed by atoms with Gasteiger partial charge in [-0.15, -0.1) is 0 Å². The fourth-order valence-corrected chi connectivity index (χ4v) is 18.8. The van der Waals surface area contributed by atoms with Crippen LogP contribution in [0.4, 0.5) is 69.4 Å². The van der Waals surface area contributed by atoms with Gasteiger partial charge in [0.05, 0.1) is 87.8 Å². The summed E-state index contributed by atoms with van der Waals surface area (Å²) >= 11 is 19.2. The highest BCUT2D eigenvalue weighted by molar-refractivity contribution is 7.92. The van der Waals surface area contributed by atoms with Crippen LogP contribution in [0.3, 0.4) is 0 Å². The highest BCUT2D eigenvalue weighted by Gasteiger charge is 2.35.